The summed E-state index contributed by atoms with van der Waals surface area (Å²) in [5.41, 5.74) is 2.68. The summed E-state index contributed by atoms with van der Waals surface area (Å²) in [4.78, 5) is 0. The van der Waals surface area contributed by atoms with Crippen LogP contribution in [0.25, 0.3) is 6.08 Å². The molecule has 2 aliphatic rings. The number of para-hydroxylation sites is 1. The Bertz CT molecular complexity index is 450. The first-order valence-corrected chi connectivity index (χ1v) is 7.76. The molecule has 0 aromatic heterocycles. The first kappa shape index (κ1) is 13.0. The largest absolute Gasteiger partial charge is 0.301 e. The Morgan fingerprint density at radius 2 is 1.95 bits per heavy atom. The molecule has 1 fully saturated rings. The second kappa shape index (κ2) is 5.98. The SMILES string of the molecule is ClCCC1CCN(N2CC=Cc3ccccc32)CC1. The number of rotatable bonds is 3. The van der Waals surface area contributed by atoms with E-state index in [1.165, 1.54) is 30.5 Å². The summed E-state index contributed by atoms with van der Waals surface area (Å²) >= 11 is 5.85. The van der Waals surface area contributed by atoms with Gasteiger partial charge >= 0.3 is 0 Å². The van der Waals surface area contributed by atoms with E-state index in [1.54, 1.807) is 0 Å². The molecular weight excluding hydrogens is 256 g/mol. The maximum atomic E-state index is 5.85. The van der Waals surface area contributed by atoms with Gasteiger partial charge in [-0.05, 0) is 36.8 Å². The molecule has 0 unspecified atom stereocenters. The standard InChI is InChI=1S/C16H21ClN2/c17-10-7-14-8-12-18(13-9-14)19-11-3-5-15-4-1-2-6-16(15)19/h1-6,14H,7-13H2. The van der Waals surface area contributed by atoms with Gasteiger partial charge < -0.3 is 5.01 Å². The average molecular weight is 277 g/mol. The zero-order valence-electron chi connectivity index (χ0n) is 11.3. The molecule has 102 valence electrons. The van der Waals surface area contributed by atoms with Crippen LogP contribution in [0.1, 0.15) is 24.8 Å². The van der Waals surface area contributed by atoms with Crippen LogP contribution >= 0.6 is 11.6 Å². The van der Waals surface area contributed by atoms with Crippen molar-refractivity contribution in [1.82, 2.24) is 5.01 Å². The van der Waals surface area contributed by atoms with Crippen molar-refractivity contribution >= 4 is 23.4 Å². The molecule has 1 aromatic rings. The smallest absolute Gasteiger partial charge is 0.0598 e. The highest BCUT2D eigenvalue weighted by atomic mass is 35.5. The lowest BCUT2D eigenvalue weighted by Crippen LogP contribution is -2.48. The molecule has 2 nitrogen and oxygen atoms in total. The Morgan fingerprint density at radius 1 is 1.16 bits per heavy atom. The Morgan fingerprint density at radius 3 is 2.74 bits per heavy atom. The quantitative estimate of drug-likeness (QED) is 0.776. The van der Waals surface area contributed by atoms with E-state index in [1.807, 2.05) is 0 Å². The van der Waals surface area contributed by atoms with Crippen LogP contribution in [0.5, 0.6) is 0 Å². The molecule has 1 saturated heterocycles. The molecule has 0 bridgehead atoms. The van der Waals surface area contributed by atoms with Gasteiger partial charge in [-0.3, -0.25) is 0 Å². The van der Waals surface area contributed by atoms with E-state index < -0.39 is 0 Å². The molecule has 0 amide bonds. The fourth-order valence-electron chi connectivity index (χ4n) is 3.11. The maximum Gasteiger partial charge on any atom is 0.0598 e. The van der Waals surface area contributed by atoms with E-state index in [9.17, 15) is 0 Å². The third-order valence-electron chi connectivity index (χ3n) is 4.24. The molecule has 0 saturated carbocycles. The fraction of sp³-hybridized carbons (Fsp3) is 0.500. The highest BCUT2D eigenvalue weighted by Crippen LogP contribution is 2.30. The molecule has 0 spiro atoms. The molecule has 0 radical (unpaired) electrons. The molecule has 3 rings (SSSR count). The second-order valence-corrected chi connectivity index (χ2v) is 5.80. The Hall–Kier alpha value is -0.990. The van der Waals surface area contributed by atoms with E-state index in [-0.39, 0.29) is 0 Å². The first-order valence-electron chi connectivity index (χ1n) is 7.22. The van der Waals surface area contributed by atoms with Gasteiger partial charge in [-0.1, -0.05) is 30.4 Å². The number of benzene rings is 1. The normalized spacial score (nSPS) is 20.6. The highest BCUT2D eigenvalue weighted by Gasteiger charge is 2.24. The summed E-state index contributed by atoms with van der Waals surface area (Å²) in [6.07, 6.45) is 8.20. The molecule has 2 heterocycles. The number of nitrogens with zero attached hydrogens (tertiary/aromatic N) is 2. The van der Waals surface area contributed by atoms with Gasteiger partial charge in [0.1, 0.15) is 0 Å². The van der Waals surface area contributed by atoms with Crippen molar-refractivity contribution in [1.29, 1.82) is 0 Å². The van der Waals surface area contributed by atoms with E-state index in [0.717, 1.165) is 31.4 Å². The summed E-state index contributed by atoms with van der Waals surface area (Å²) in [6, 6.07) is 8.66. The average Bonchev–Trinajstić information content (AvgIpc) is 2.48. The monoisotopic (exact) mass is 276 g/mol. The molecule has 0 aliphatic carbocycles. The third kappa shape index (κ3) is 2.80. The first-order chi connectivity index (χ1) is 9.38. The summed E-state index contributed by atoms with van der Waals surface area (Å²) in [5.74, 6) is 1.63. The molecule has 1 aromatic carbocycles. The number of anilines is 1. The van der Waals surface area contributed by atoms with Gasteiger partial charge in [0.15, 0.2) is 0 Å². The van der Waals surface area contributed by atoms with Crippen molar-refractivity contribution in [2.24, 2.45) is 5.92 Å². The second-order valence-electron chi connectivity index (χ2n) is 5.42. The van der Waals surface area contributed by atoms with E-state index in [2.05, 4.69) is 46.4 Å². The van der Waals surface area contributed by atoms with E-state index in [0.29, 0.717) is 0 Å². The Kier molecular flexibility index (Phi) is 4.09. The topological polar surface area (TPSA) is 6.48 Å². The summed E-state index contributed by atoms with van der Waals surface area (Å²) in [6.45, 7) is 3.31. The van der Waals surface area contributed by atoms with Gasteiger partial charge in [0.05, 0.1) is 12.2 Å². The minimum absolute atomic E-state index is 0.806. The predicted molar refractivity (Wildman–Crippen MR) is 82.5 cm³/mol. The Labute approximate surface area is 120 Å². The lowest BCUT2D eigenvalue weighted by Gasteiger charge is -2.42. The number of halogens is 1. The minimum atomic E-state index is 0.806. The molecular formula is C16H21ClN2. The Balaban J connectivity index is 1.69. The molecule has 2 aliphatic heterocycles. The summed E-state index contributed by atoms with van der Waals surface area (Å²) < 4.78 is 0. The number of hydrogen-bond donors (Lipinski definition) is 0. The van der Waals surface area contributed by atoms with Crippen molar-refractivity contribution < 1.29 is 0 Å². The van der Waals surface area contributed by atoms with Crippen molar-refractivity contribution in [3.05, 3.63) is 35.9 Å². The number of fused-ring (bicyclic) bond motifs is 1. The lowest BCUT2D eigenvalue weighted by atomic mass is 9.95. The van der Waals surface area contributed by atoms with Gasteiger partial charge in [0.25, 0.3) is 0 Å². The third-order valence-corrected chi connectivity index (χ3v) is 4.46. The van der Waals surface area contributed by atoms with Crippen LogP contribution in [0, 0.1) is 5.92 Å². The van der Waals surface area contributed by atoms with Crippen LogP contribution in [-0.4, -0.2) is 30.5 Å². The van der Waals surface area contributed by atoms with Gasteiger partial charge in [0.2, 0.25) is 0 Å². The van der Waals surface area contributed by atoms with Crippen molar-refractivity contribution in [3.63, 3.8) is 0 Å². The molecule has 0 N–H and O–H groups in total. The summed E-state index contributed by atoms with van der Waals surface area (Å²) in [7, 11) is 0. The number of piperidine rings is 1. The van der Waals surface area contributed by atoms with Crippen molar-refractivity contribution in [3.8, 4) is 0 Å². The van der Waals surface area contributed by atoms with Gasteiger partial charge in [0, 0.05) is 19.0 Å². The van der Waals surface area contributed by atoms with E-state index >= 15 is 0 Å². The molecule has 19 heavy (non-hydrogen) atoms. The number of hydrogen-bond acceptors (Lipinski definition) is 2. The lowest BCUT2D eigenvalue weighted by molar-refractivity contribution is 0.170. The van der Waals surface area contributed by atoms with Crippen LogP contribution < -0.4 is 5.01 Å². The summed E-state index contributed by atoms with van der Waals surface area (Å²) in [5, 5.41) is 4.94. The van der Waals surface area contributed by atoms with Crippen LogP contribution in [0.3, 0.4) is 0 Å². The molecule has 0 atom stereocenters. The maximum absolute atomic E-state index is 5.85. The van der Waals surface area contributed by atoms with Crippen LogP contribution in [-0.2, 0) is 0 Å². The van der Waals surface area contributed by atoms with Gasteiger partial charge in [-0.2, -0.15) is 0 Å². The van der Waals surface area contributed by atoms with Gasteiger partial charge in [-0.15, -0.1) is 11.6 Å². The minimum Gasteiger partial charge on any atom is -0.301 e. The zero-order chi connectivity index (χ0) is 13.1. The van der Waals surface area contributed by atoms with Gasteiger partial charge in [-0.25, -0.2) is 5.01 Å². The van der Waals surface area contributed by atoms with Crippen LogP contribution in [0.2, 0.25) is 0 Å². The highest BCUT2D eigenvalue weighted by molar-refractivity contribution is 6.17. The van der Waals surface area contributed by atoms with Crippen molar-refractivity contribution in [2.75, 3.05) is 30.5 Å². The van der Waals surface area contributed by atoms with Crippen molar-refractivity contribution in [2.45, 2.75) is 19.3 Å². The number of hydrazine groups is 1. The number of alkyl halides is 1. The zero-order valence-corrected chi connectivity index (χ0v) is 12.0. The fourth-order valence-corrected chi connectivity index (χ4v) is 3.42. The van der Waals surface area contributed by atoms with Crippen LogP contribution in [0.15, 0.2) is 30.3 Å². The van der Waals surface area contributed by atoms with E-state index in [4.69, 9.17) is 11.6 Å². The van der Waals surface area contributed by atoms with Crippen LogP contribution in [0.4, 0.5) is 5.69 Å². The molecule has 3 heteroatoms. The predicted octanol–water partition coefficient (Wildman–Crippen LogP) is 3.78.